The standard InChI is InChI=1S/C24H25N5O3/c1-16-23(18(3)32-27-16)13-31-22-7-5-6-20(12-22)24(30)28(4)17(2)19-8-10-21(11-9-19)29-15-25-14-26-29/h5-12,14-15,17H,13H2,1-4H3. The van der Waals surface area contributed by atoms with E-state index in [1.807, 2.05) is 57.2 Å². The van der Waals surface area contributed by atoms with Crippen LogP contribution in [0.15, 0.2) is 65.7 Å². The predicted octanol–water partition coefficient (Wildman–Crippen LogP) is 4.28. The molecule has 0 N–H and O–H groups in total. The second-order valence-electron chi connectivity index (χ2n) is 7.64. The van der Waals surface area contributed by atoms with Gasteiger partial charge in [0.05, 0.1) is 23.0 Å². The zero-order valence-corrected chi connectivity index (χ0v) is 18.5. The molecule has 4 rings (SSSR count). The average Bonchev–Trinajstić information content (AvgIpc) is 3.47. The van der Waals surface area contributed by atoms with Crippen LogP contribution in [0.1, 0.15) is 45.9 Å². The van der Waals surface area contributed by atoms with E-state index in [0.29, 0.717) is 17.9 Å². The first-order chi connectivity index (χ1) is 15.4. The van der Waals surface area contributed by atoms with Crippen LogP contribution >= 0.6 is 0 Å². The molecule has 0 spiro atoms. The second-order valence-corrected chi connectivity index (χ2v) is 7.64. The first-order valence-electron chi connectivity index (χ1n) is 10.3. The van der Waals surface area contributed by atoms with Crippen LogP contribution in [0, 0.1) is 13.8 Å². The number of benzene rings is 2. The van der Waals surface area contributed by atoms with Gasteiger partial charge in [0, 0.05) is 12.6 Å². The molecule has 0 saturated carbocycles. The fourth-order valence-corrected chi connectivity index (χ4v) is 3.43. The van der Waals surface area contributed by atoms with Gasteiger partial charge in [0.1, 0.15) is 30.8 Å². The number of hydrogen-bond acceptors (Lipinski definition) is 6. The lowest BCUT2D eigenvalue weighted by Crippen LogP contribution is -2.29. The highest BCUT2D eigenvalue weighted by Gasteiger charge is 2.20. The Kier molecular flexibility index (Phi) is 6.02. The van der Waals surface area contributed by atoms with Crippen molar-refractivity contribution in [3.05, 3.63) is 89.3 Å². The minimum absolute atomic E-state index is 0.0827. The Morgan fingerprint density at radius 2 is 1.97 bits per heavy atom. The summed E-state index contributed by atoms with van der Waals surface area (Å²) in [7, 11) is 1.80. The Bertz CT molecular complexity index is 1180. The monoisotopic (exact) mass is 431 g/mol. The molecule has 1 atom stereocenters. The van der Waals surface area contributed by atoms with E-state index in [4.69, 9.17) is 9.26 Å². The first kappa shape index (κ1) is 21.3. The van der Waals surface area contributed by atoms with E-state index < -0.39 is 0 Å². The maximum atomic E-state index is 13.1. The predicted molar refractivity (Wildman–Crippen MR) is 119 cm³/mol. The lowest BCUT2D eigenvalue weighted by atomic mass is 10.1. The van der Waals surface area contributed by atoms with E-state index >= 15 is 0 Å². The summed E-state index contributed by atoms with van der Waals surface area (Å²) in [6, 6.07) is 15.0. The van der Waals surface area contributed by atoms with Crippen LogP contribution in [0.3, 0.4) is 0 Å². The molecule has 8 heteroatoms. The maximum absolute atomic E-state index is 13.1. The smallest absolute Gasteiger partial charge is 0.254 e. The van der Waals surface area contributed by atoms with Gasteiger partial charge in [-0.3, -0.25) is 4.79 Å². The number of aromatic nitrogens is 4. The fraction of sp³-hybridized carbons (Fsp3) is 0.250. The van der Waals surface area contributed by atoms with E-state index in [1.54, 1.807) is 35.1 Å². The molecule has 0 radical (unpaired) electrons. The summed E-state index contributed by atoms with van der Waals surface area (Å²) in [5.74, 6) is 1.27. The van der Waals surface area contributed by atoms with Gasteiger partial charge in [-0.1, -0.05) is 23.4 Å². The number of nitrogens with zero attached hydrogens (tertiary/aromatic N) is 5. The molecule has 2 aromatic carbocycles. The molecular weight excluding hydrogens is 406 g/mol. The number of rotatable bonds is 7. The van der Waals surface area contributed by atoms with Crippen molar-refractivity contribution in [1.29, 1.82) is 0 Å². The molecule has 0 saturated heterocycles. The Labute approximate surface area is 186 Å². The Balaban J connectivity index is 1.44. The number of aryl methyl sites for hydroxylation is 2. The van der Waals surface area contributed by atoms with Crippen LogP contribution in [-0.4, -0.2) is 37.8 Å². The number of ether oxygens (including phenoxy) is 1. The van der Waals surface area contributed by atoms with Crippen LogP contribution in [0.2, 0.25) is 0 Å². The lowest BCUT2D eigenvalue weighted by Gasteiger charge is -2.26. The summed E-state index contributed by atoms with van der Waals surface area (Å²) in [5, 5.41) is 8.08. The third-order valence-electron chi connectivity index (χ3n) is 5.61. The van der Waals surface area contributed by atoms with Crippen LogP contribution in [-0.2, 0) is 6.61 Å². The highest BCUT2D eigenvalue weighted by Crippen LogP contribution is 2.24. The van der Waals surface area contributed by atoms with Gasteiger partial charge in [-0.15, -0.1) is 0 Å². The van der Waals surface area contributed by atoms with Crippen molar-refractivity contribution < 1.29 is 14.1 Å². The zero-order valence-electron chi connectivity index (χ0n) is 18.5. The molecule has 0 aliphatic heterocycles. The topological polar surface area (TPSA) is 86.3 Å². The average molecular weight is 431 g/mol. The summed E-state index contributed by atoms with van der Waals surface area (Å²) in [4.78, 5) is 18.8. The van der Waals surface area contributed by atoms with Gasteiger partial charge in [0.25, 0.3) is 5.91 Å². The number of hydrogen-bond donors (Lipinski definition) is 0. The fourth-order valence-electron chi connectivity index (χ4n) is 3.43. The van der Waals surface area contributed by atoms with Crippen LogP contribution in [0.25, 0.3) is 5.69 Å². The molecule has 0 aliphatic carbocycles. The third kappa shape index (κ3) is 4.39. The molecule has 164 valence electrons. The largest absolute Gasteiger partial charge is 0.489 e. The molecule has 2 heterocycles. The molecule has 0 bridgehead atoms. The SMILES string of the molecule is Cc1noc(C)c1COc1cccc(C(=O)N(C)C(C)c2ccc(-n3cncn3)cc2)c1. The molecule has 8 nitrogen and oxygen atoms in total. The number of amides is 1. The van der Waals surface area contributed by atoms with E-state index in [1.165, 1.54) is 6.33 Å². The Hall–Kier alpha value is -3.94. The summed E-state index contributed by atoms with van der Waals surface area (Å²) >= 11 is 0. The van der Waals surface area contributed by atoms with E-state index in [9.17, 15) is 4.79 Å². The second kappa shape index (κ2) is 9.05. The van der Waals surface area contributed by atoms with Gasteiger partial charge in [0.15, 0.2) is 0 Å². The Morgan fingerprint density at radius 3 is 2.62 bits per heavy atom. The normalized spacial score (nSPS) is 11.9. The minimum atomic E-state index is -0.112. The van der Waals surface area contributed by atoms with E-state index in [2.05, 4.69) is 15.2 Å². The molecule has 0 aliphatic rings. The van der Waals surface area contributed by atoms with Gasteiger partial charge < -0.3 is 14.2 Å². The van der Waals surface area contributed by atoms with Gasteiger partial charge in [-0.25, -0.2) is 9.67 Å². The van der Waals surface area contributed by atoms with Crippen molar-refractivity contribution in [1.82, 2.24) is 24.8 Å². The van der Waals surface area contributed by atoms with E-state index in [0.717, 1.165) is 28.3 Å². The first-order valence-corrected chi connectivity index (χ1v) is 10.3. The quantitative estimate of drug-likeness (QED) is 0.434. The lowest BCUT2D eigenvalue weighted by molar-refractivity contribution is 0.0742. The van der Waals surface area contributed by atoms with Crippen LogP contribution in [0.5, 0.6) is 5.75 Å². The molecule has 2 aromatic heterocycles. The summed E-state index contributed by atoms with van der Waals surface area (Å²) in [6.45, 7) is 6.07. The van der Waals surface area contributed by atoms with Crippen molar-refractivity contribution in [2.75, 3.05) is 7.05 Å². The molecule has 4 aromatic rings. The maximum Gasteiger partial charge on any atom is 0.254 e. The molecule has 1 amide bonds. The van der Waals surface area contributed by atoms with Crippen molar-refractivity contribution in [2.24, 2.45) is 0 Å². The Morgan fingerprint density at radius 1 is 1.19 bits per heavy atom. The number of carbonyl (C=O) groups is 1. The highest BCUT2D eigenvalue weighted by atomic mass is 16.5. The van der Waals surface area contributed by atoms with E-state index in [-0.39, 0.29) is 11.9 Å². The van der Waals surface area contributed by atoms with Crippen LogP contribution in [0.4, 0.5) is 0 Å². The minimum Gasteiger partial charge on any atom is -0.489 e. The van der Waals surface area contributed by atoms with Gasteiger partial charge in [0.2, 0.25) is 0 Å². The highest BCUT2D eigenvalue weighted by molar-refractivity contribution is 5.94. The zero-order chi connectivity index (χ0) is 22.7. The third-order valence-corrected chi connectivity index (χ3v) is 5.61. The van der Waals surface area contributed by atoms with Crippen molar-refractivity contribution in [2.45, 2.75) is 33.4 Å². The molecule has 0 fully saturated rings. The summed E-state index contributed by atoms with van der Waals surface area (Å²) < 4.78 is 12.8. The van der Waals surface area contributed by atoms with Crippen molar-refractivity contribution in [3.8, 4) is 11.4 Å². The molecule has 1 unspecified atom stereocenters. The summed E-state index contributed by atoms with van der Waals surface area (Å²) in [5.41, 5.74) is 4.22. The summed E-state index contributed by atoms with van der Waals surface area (Å²) in [6.07, 6.45) is 3.14. The van der Waals surface area contributed by atoms with Gasteiger partial charge >= 0.3 is 0 Å². The molecule has 32 heavy (non-hydrogen) atoms. The van der Waals surface area contributed by atoms with Crippen molar-refractivity contribution in [3.63, 3.8) is 0 Å². The van der Waals surface area contributed by atoms with Crippen LogP contribution < -0.4 is 4.74 Å². The number of carbonyl (C=O) groups excluding carboxylic acids is 1. The van der Waals surface area contributed by atoms with Crippen molar-refractivity contribution >= 4 is 5.91 Å². The molecular formula is C24H25N5O3. The van der Waals surface area contributed by atoms with Gasteiger partial charge in [-0.05, 0) is 56.7 Å². The van der Waals surface area contributed by atoms with Gasteiger partial charge in [-0.2, -0.15) is 5.10 Å².